The number of rotatable bonds is 4. The van der Waals surface area contributed by atoms with Crippen molar-refractivity contribution in [1.82, 2.24) is 16.2 Å². The standard InChI is InChI=1S/C8H15N3O4/c1-5(2)7(13)11-10-6(12)3-4-9-8(14)15/h5,9H,3-4H2,1-2H3,(H,10,12)(H,11,13)(H,14,15). The van der Waals surface area contributed by atoms with Crippen molar-refractivity contribution >= 4 is 17.9 Å². The Hall–Kier alpha value is -1.79. The number of carbonyl (C=O) groups is 3. The Morgan fingerprint density at radius 1 is 1.20 bits per heavy atom. The molecular weight excluding hydrogens is 202 g/mol. The fourth-order valence-corrected chi connectivity index (χ4v) is 0.621. The lowest BCUT2D eigenvalue weighted by atomic mass is 10.2. The van der Waals surface area contributed by atoms with Gasteiger partial charge >= 0.3 is 6.09 Å². The smallest absolute Gasteiger partial charge is 0.404 e. The highest BCUT2D eigenvalue weighted by molar-refractivity contribution is 5.83. The van der Waals surface area contributed by atoms with Crippen LogP contribution in [0.3, 0.4) is 0 Å². The summed E-state index contributed by atoms with van der Waals surface area (Å²) < 4.78 is 0. The van der Waals surface area contributed by atoms with E-state index in [4.69, 9.17) is 5.11 Å². The lowest BCUT2D eigenvalue weighted by molar-refractivity contribution is -0.130. The van der Waals surface area contributed by atoms with Crippen LogP contribution in [0.5, 0.6) is 0 Å². The molecular formula is C8H15N3O4. The minimum absolute atomic E-state index is 0.0126. The molecule has 0 fully saturated rings. The molecule has 7 nitrogen and oxygen atoms in total. The van der Waals surface area contributed by atoms with Crippen molar-refractivity contribution in [3.05, 3.63) is 0 Å². The number of carboxylic acid groups (broad SMARTS) is 1. The van der Waals surface area contributed by atoms with Crippen LogP contribution in [0.25, 0.3) is 0 Å². The van der Waals surface area contributed by atoms with Crippen LogP contribution in [0, 0.1) is 5.92 Å². The van der Waals surface area contributed by atoms with Crippen molar-refractivity contribution in [2.45, 2.75) is 20.3 Å². The van der Waals surface area contributed by atoms with Gasteiger partial charge in [0.1, 0.15) is 0 Å². The SMILES string of the molecule is CC(C)C(=O)NNC(=O)CCNC(=O)O. The number of carbonyl (C=O) groups excluding carboxylic acids is 2. The molecule has 15 heavy (non-hydrogen) atoms. The van der Waals surface area contributed by atoms with Gasteiger partial charge in [-0.2, -0.15) is 0 Å². The highest BCUT2D eigenvalue weighted by Gasteiger charge is 2.07. The van der Waals surface area contributed by atoms with Crippen molar-refractivity contribution in [3.63, 3.8) is 0 Å². The second kappa shape index (κ2) is 6.63. The molecule has 86 valence electrons. The summed E-state index contributed by atoms with van der Waals surface area (Å²) in [4.78, 5) is 32.0. The van der Waals surface area contributed by atoms with Crippen molar-refractivity contribution in [3.8, 4) is 0 Å². The summed E-state index contributed by atoms with van der Waals surface area (Å²) in [6, 6.07) is 0. The second-order valence-electron chi connectivity index (χ2n) is 3.17. The molecule has 0 saturated carbocycles. The number of hydrazine groups is 1. The molecule has 0 aromatic heterocycles. The Morgan fingerprint density at radius 2 is 1.80 bits per heavy atom. The van der Waals surface area contributed by atoms with Crippen molar-refractivity contribution < 1.29 is 19.5 Å². The zero-order chi connectivity index (χ0) is 11.8. The average molecular weight is 217 g/mol. The summed E-state index contributed by atoms with van der Waals surface area (Å²) in [5.74, 6) is -0.963. The monoisotopic (exact) mass is 217 g/mol. The molecule has 0 rings (SSSR count). The molecule has 0 atom stereocenters. The van der Waals surface area contributed by atoms with Gasteiger partial charge in [-0.3, -0.25) is 20.4 Å². The van der Waals surface area contributed by atoms with E-state index in [0.29, 0.717) is 0 Å². The summed E-state index contributed by atoms with van der Waals surface area (Å²) in [5.41, 5.74) is 4.37. The molecule has 0 unspecified atom stereocenters. The van der Waals surface area contributed by atoms with Crippen LogP contribution < -0.4 is 16.2 Å². The topological polar surface area (TPSA) is 108 Å². The van der Waals surface area contributed by atoms with Gasteiger partial charge in [0.05, 0.1) is 0 Å². The molecule has 4 N–H and O–H groups in total. The second-order valence-corrected chi connectivity index (χ2v) is 3.17. The molecule has 3 amide bonds. The fourth-order valence-electron chi connectivity index (χ4n) is 0.621. The van der Waals surface area contributed by atoms with Gasteiger partial charge in [-0.25, -0.2) is 4.79 Å². The minimum atomic E-state index is -1.19. The van der Waals surface area contributed by atoms with E-state index in [2.05, 4.69) is 10.9 Å². The van der Waals surface area contributed by atoms with Gasteiger partial charge in [-0.15, -0.1) is 0 Å². The predicted octanol–water partition coefficient (Wildman–Crippen LogP) is -0.552. The Morgan fingerprint density at radius 3 is 2.27 bits per heavy atom. The Labute approximate surface area is 87.2 Å². The summed E-state index contributed by atoms with van der Waals surface area (Å²) in [5, 5.41) is 10.2. The fraction of sp³-hybridized carbons (Fsp3) is 0.625. The third-order valence-electron chi connectivity index (χ3n) is 1.48. The molecule has 0 bridgehead atoms. The van der Waals surface area contributed by atoms with Gasteiger partial charge in [0.15, 0.2) is 0 Å². The van der Waals surface area contributed by atoms with E-state index in [1.807, 2.05) is 5.32 Å². The molecule has 0 saturated heterocycles. The molecule has 0 aromatic rings. The van der Waals surface area contributed by atoms with Gasteiger partial charge in [0.25, 0.3) is 0 Å². The Bertz CT molecular complexity index is 252. The quantitative estimate of drug-likeness (QED) is 0.474. The van der Waals surface area contributed by atoms with Crippen molar-refractivity contribution in [2.75, 3.05) is 6.54 Å². The van der Waals surface area contributed by atoms with Gasteiger partial charge < -0.3 is 10.4 Å². The van der Waals surface area contributed by atoms with Crippen molar-refractivity contribution in [2.24, 2.45) is 5.92 Å². The van der Waals surface area contributed by atoms with Crippen LogP contribution in [0.4, 0.5) is 4.79 Å². The zero-order valence-corrected chi connectivity index (χ0v) is 8.66. The number of hydrogen-bond donors (Lipinski definition) is 4. The van der Waals surface area contributed by atoms with Crippen LogP contribution in [0.2, 0.25) is 0 Å². The van der Waals surface area contributed by atoms with Crippen LogP contribution in [-0.2, 0) is 9.59 Å². The zero-order valence-electron chi connectivity index (χ0n) is 8.66. The van der Waals surface area contributed by atoms with E-state index in [0.717, 1.165) is 0 Å². The Kier molecular flexibility index (Phi) is 5.84. The summed E-state index contributed by atoms with van der Waals surface area (Å²) in [6.45, 7) is 3.39. The van der Waals surface area contributed by atoms with E-state index < -0.39 is 12.0 Å². The number of nitrogens with one attached hydrogen (secondary N) is 3. The first kappa shape index (κ1) is 13.2. The minimum Gasteiger partial charge on any atom is -0.465 e. The van der Waals surface area contributed by atoms with E-state index in [1.54, 1.807) is 13.8 Å². The maximum absolute atomic E-state index is 11.0. The molecule has 0 heterocycles. The molecule has 7 heteroatoms. The highest BCUT2D eigenvalue weighted by Crippen LogP contribution is 1.88. The van der Waals surface area contributed by atoms with Gasteiger partial charge in [0.2, 0.25) is 11.8 Å². The lowest BCUT2D eigenvalue weighted by Gasteiger charge is -2.08. The maximum Gasteiger partial charge on any atom is 0.404 e. The first-order valence-corrected chi connectivity index (χ1v) is 4.49. The number of amides is 3. The third kappa shape index (κ3) is 7.29. The van der Waals surface area contributed by atoms with E-state index >= 15 is 0 Å². The van der Waals surface area contributed by atoms with E-state index in [-0.39, 0.29) is 24.8 Å². The first-order valence-electron chi connectivity index (χ1n) is 4.49. The maximum atomic E-state index is 11.0. The first-order chi connectivity index (χ1) is 6.93. The largest absolute Gasteiger partial charge is 0.465 e. The van der Waals surface area contributed by atoms with Gasteiger partial charge in [0, 0.05) is 18.9 Å². The normalized spacial score (nSPS) is 9.53. The Balaban J connectivity index is 3.58. The van der Waals surface area contributed by atoms with Gasteiger partial charge in [-0.1, -0.05) is 13.8 Å². The van der Waals surface area contributed by atoms with Crippen LogP contribution in [-0.4, -0.2) is 29.6 Å². The van der Waals surface area contributed by atoms with E-state index in [1.165, 1.54) is 0 Å². The molecule has 0 aliphatic heterocycles. The van der Waals surface area contributed by atoms with E-state index in [9.17, 15) is 14.4 Å². The summed E-state index contributed by atoms with van der Waals surface area (Å²) >= 11 is 0. The highest BCUT2D eigenvalue weighted by atomic mass is 16.4. The van der Waals surface area contributed by atoms with Crippen LogP contribution in [0.1, 0.15) is 20.3 Å². The predicted molar refractivity (Wildman–Crippen MR) is 51.8 cm³/mol. The van der Waals surface area contributed by atoms with Crippen LogP contribution >= 0.6 is 0 Å². The molecule has 0 aliphatic carbocycles. The van der Waals surface area contributed by atoms with Crippen molar-refractivity contribution in [1.29, 1.82) is 0 Å². The molecule has 0 aliphatic rings. The molecule has 0 aromatic carbocycles. The summed E-state index contributed by atoms with van der Waals surface area (Å²) in [7, 11) is 0. The van der Waals surface area contributed by atoms with Gasteiger partial charge in [-0.05, 0) is 0 Å². The molecule has 0 radical (unpaired) electrons. The van der Waals surface area contributed by atoms with Crippen LogP contribution in [0.15, 0.2) is 0 Å². The number of hydrogen-bond acceptors (Lipinski definition) is 3. The summed E-state index contributed by atoms with van der Waals surface area (Å²) in [6.07, 6.45) is -1.21. The average Bonchev–Trinajstić information content (AvgIpc) is 2.13. The molecule has 0 spiro atoms. The lowest BCUT2D eigenvalue weighted by Crippen LogP contribution is -2.44. The third-order valence-corrected chi connectivity index (χ3v) is 1.48.